The number of benzene rings is 1. The summed E-state index contributed by atoms with van der Waals surface area (Å²) in [7, 11) is 1.30. The van der Waals surface area contributed by atoms with E-state index in [1.807, 2.05) is 0 Å². The van der Waals surface area contributed by atoms with E-state index >= 15 is 0 Å². The molecular formula is C12H10Cl2O4S. The molecule has 7 heteroatoms. The van der Waals surface area contributed by atoms with Crippen molar-refractivity contribution in [2.24, 2.45) is 0 Å². The Bertz CT molecular complexity index is 529. The van der Waals surface area contributed by atoms with Crippen molar-refractivity contribution in [1.82, 2.24) is 0 Å². The van der Waals surface area contributed by atoms with Crippen LogP contribution in [0.5, 0.6) is 0 Å². The fourth-order valence-electron chi connectivity index (χ4n) is 1.14. The highest BCUT2D eigenvalue weighted by atomic mass is 35.5. The maximum Gasteiger partial charge on any atom is 0.328 e. The van der Waals surface area contributed by atoms with E-state index in [0.717, 1.165) is 6.08 Å². The molecule has 1 N–H and O–H groups in total. The topological polar surface area (TPSA) is 63.6 Å². The molecule has 0 atom stereocenters. The molecule has 0 unspecified atom stereocenters. The van der Waals surface area contributed by atoms with E-state index in [9.17, 15) is 9.59 Å². The lowest BCUT2D eigenvalue weighted by molar-refractivity contribution is -0.137. The van der Waals surface area contributed by atoms with Crippen molar-refractivity contribution >= 4 is 53.0 Å². The Balaban J connectivity index is 2.90. The van der Waals surface area contributed by atoms with Gasteiger partial charge >= 0.3 is 11.9 Å². The van der Waals surface area contributed by atoms with Crippen LogP contribution in [-0.4, -0.2) is 29.9 Å². The minimum Gasteiger partial charge on any atom is -0.478 e. The van der Waals surface area contributed by atoms with Crippen LogP contribution < -0.4 is 0 Å². The third-order valence-corrected chi connectivity index (χ3v) is 3.81. The molecular weight excluding hydrogens is 311 g/mol. The van der Waals surface area contributed by atoms with Crippen LogP contribution in [0.25, 0.3) is 6.08 Å². The Morgan fingerprint density at radius 1 is 1.37 bits per heavy atom. The third-order valence-electron chi connectivity index (χ3n) is 2.03. The molecule has 0 bridgehead atoms. The molecule has 0 radical (unpaired) electrons. The minimum absolute atomic E-state index is 0.122. The van der Waals surface area contributed by atoms with Crippen molar-refractivity contribution in [2.45, 2.75) is 4.90 Å². The fraction of sp³-hybridized carbons (Fsp3) is 0.167. The van der Waals surface area contributed by atoms with E-state index in [1.54, 1.807) is 12.1 Å². The van der Waals surface area contributed by atoms with Gasteiger partial charge < -0.3 is 9.84 Å². The largest absolute Gasteiger partial charge is 0.478 e. The molecule has 0 aromatic heterocycles. The van der Waals surface area contributed by atoms with Gasteiger partial charge in [0.25, 0.3) is 0 Å². The van der Waals surface area contributed by atoms with Crippen molar-refractivity contribution in [3.63, 3.8) is 0 Å². The summed E-state index contributed by atoms with van der Waals surface area (Å²) in [5.74, 6) is -1.32. The lowest BCUT2D eigenvalue weighted by atomic mass is 10.2. The highest BCUT2D eigenvalue weighted by Gasteiger charge is 2.09. The molecule has 0 fully saturated rings. The number of ether oxygens (including phenoxy) is 1. The Morgan fingerprint density at radius 3 is 2.63 bits per heavy atom. The number of hydrogen-bond acceptors (Lipinski definition) is 4. The van der Waals surface area contributed by atoms with E-state index in [1.165, 1.54) is 24.9 Å². The van der Waals surface area contributed by atoms with Gasteiger partial charge in [0.1, 0.15) is 0 Å². The summed E-state index contributed by atoms with van der Waals surface area (Å²) in [4.78, 5) is 22.1. The molecule has 0 aliphatic carbocycles. The van der Waals surface area contributed by atoms with Crippen molar-refractivity contribution in [3.8, 4) is 0 Å². The monoisotopic (exact) mass is 320 g/mol. The van der Waals surface area contributed by atoms with Gasteiger partial charge in [-0.15, -0.1) is 11.8 Å². The quantitative estimate of drug-likeness (QED) is 0.512. The second kappa shape index (κ2) is 7.43. The Morgan fingerprint density at radius 2 is 2.05 bits per heavy atom. The van der Waals surface area contributed by atoms with E-state index < -0.39 is 5.97 Å². The molecule has 0 aliphatic rings. The van der Waals surface area contributed by atoms with E-state index in [-0.39, 0.29) is 11.7 Å². The molecule has 1 rings (SSSR count). The van der Waals surface area contributed by atoms with E-state index in [4.69, 9.17) is 28.3 Å². The summed E-state index contributed by atoms with van der Waals surface area (Å²) < 4.78 is 4.52. The van der Waals surface area contributed by atoms with Crippen LogP contribution >= 0.6 is 35.0 Å². The second-order valence-corrected chi connectivity index (χ2v) is 5.17. The molecule has 1 aromatic carbocycles. The summed E-state index contributed by atoms with van der Waals surface area (Å²) in [6.45, 7) is 0. The summed E-state index contributed by atoms with van der Waals surface area (Å²) in [5.41, 5.74) is 0.497. The Hall–Kier alpha value is -1.17. The summed E-state index contributed by atoms with van der Waals surface area (Å²) in [6.07, 6.45) is 2.32. The zero-order valence-electron chi connectivity index (χ0n) is 9.85. The number of halogens is 2. The summed E-state index contributed by atoms with van der Waals surface area (Å²) in [6, 6.07) is 3.13. The van der Waals surface area contributed by atoms with Crippen molar-refractivity contribution in [2.75, 3.05) is 12.9 Å². The molecule has 0 heterocycles. The zero-order chi connectivity index (χ0) is 14.4. The number of carboxylic acids is 1. The van der Waals surface area contributed by atoms with Gasteiger partial charge in [0.2, 0.25) is 0 Å². The number of esters is 1. The minimum atomic E-state index is -1.07. The van der Waals surface area contributed by atoms with Crippen LogP contribution in [0.4, 0.5) is 0 Å². The van der Waals surface area contributed by atoms with Crippen LogP contribution in [0.2, 0.25) is 10.0 Å². The molecule has 1 aromatic rings. The highest BCUT2D eigenvalue weighted by Crippen LogP contribution is 2.33. The van der Waals surface area contributed by atoms with Gasteiger partial charge in [0, 0.05) is 16.0 Å². The molecule has 0 amide bonds. The molecule has 102 valence electrons. The maximum atomic E-state index is 11.0. The number of thioether (sulfide) groups is 1. The van der Waals surface area contributed by atoms with Crippen LogP contribution in [0.1, 0.15) is 5.56 Å². The van der Waals surface area contributed by atoms with E-state index in [2.05, 4.69) is 4.74 Å². The third kappa shape index (κ3) is 5.14. The fourth-order valence-corrected chi connectivity index (χ4v) is 2.56. The van der Waals surface area contributed by atoms with Gasteiger partial charge in [-0.2, -0.15) is 0 Å². The second-order valence-electron chi connectivity index (χ2n) is 3.34. The predicted octanol–water partition coefficient (Wildman–Crippen LogP) is 3.36. The Labute approximate surface area is 124 Å². The van der Waals surface area contributed by atoms with Gasteiger partial charge in [-0.3, -0.25) is 4.79 Å². The van der Waals surface area contributed by atoms with Crippen LogP contribution in [-0.2, 0) is 14.3 Å². The zero-order valence-corrected chi connectivity index (χ0v) is 12.2. The van der Waals surface area contributed by atoms with Crippen LogP contribution in [0.3, 0.4) is 0 Å². The average molecular weight is 321 g/mol. The molecule has 0 spiro atoms. The van der Waals surface area contributed by atoms with Crippen LogP contribution in [0.15, 0.2) is 23.1 Å². The number of rotatable bonds is 5. The Kier molecular flexibility index (Phi) is 6.21. The smallest absolute Gasteiger partial charge is 0.328 e. The predicted molar refractivity (Wildman–Crippen MR) is 75.9 cm³/mol. The molecule has 0 saturated carbocycles. The first-order chi connectivity index (χ1) is 8.93. The van der Waals surface area contributed by atoms with Gasteiger partial charge in [-0.25, -0.2) is 4.79 Å². The normalized spacial score (nSPS) is 10.7. The van der Waals surface area contributed by atoms with Crippen molar-refractivity contribution in [1.29, 1.82) is 0 Å². The van der Waals surface area contributed by atoms with Crippen LogP contribution in [0, 0.1) is 0 Å². The number of aliphatic carboxylic acids is 1. The first kappa shape index (κ1) is 15.9. The average Bonchev–Trinajstić information content (AvgIpc) is 2.37. The number of carboxylic acid groups (broad SMARTS) is 1. The number of carbonyl (C=O) groups is 2. The summed E-state index contributed by atoms with van der Waals surface area (Å²) >= 11 is 13.2. The van der Waals surface area contributed by atoms with Gasteiger partial charge in [0.05, 0.1) is 17.9 Å². The maximum absolute atomic E-state index is 11.0. The standard InChI is InChI=1S/C12H10Cl2O4S/c1-18-12(17)6-19-10-5-8(13)7(4-9(10)14)2-3-11(15)16/h2-5H,6H2,1H3,(H,15,16)/b3-2+. The van der Waals surface area contributed by atoms with Gasteiger partial charge in [-0.1, -0.05) is 23.2 Å². The van der Waals surface area contributed by atoms with Crippen molar-refractivity contribution in [3.05, 3.63) is 33.8 Å². The lowest BCUT2D eigenvalue weighted by Crippen LogP contribution is -2.02. The highest BCUT2D eigenvalue weighted by molar-refractivity contribution is 8.00. The number of carbonyl (C=O) groups excluding carboxylic acids is 1. The van der Waals surface area contributed by atoms with Crippen molar-refractivity contribution < 1.29 is 19.4 Å². The summed E-state index contributed by atoms with van der Waals surface area (Å²) in [5, 5.41) is 9.29. The van der Waals surface area contributed by atoms with E-state index in [0.29, 0.717) is 20.5 Å². The van der Waals surface area contributed by atoms with Gasteiger partial charge in [0.15, 0.2) is 0 Å². The molecule has 19 heavy (non-hydrogen) atoms. The molecule has 0 saturated heterocycles. The first-order valence-electron chi connectivity index (χ1n) is 5.03. The molecule has 4 nitrogen and oxygen atoms in total. The number of methoxy groups -OCH3 is 1. The first-order valence-corrected chi connectivity index (χ1v) is 6.78. The lowest BCUT2D eigenvalue weighted by Gasteiger charge is -2.06. The number of hydrogen-bond donors (Lipinski definition) is 1. The molecule has 0 aliphatic heterocycles. The SMILES string of the molecule is COC(=O)CSc1cc(Cl)c(/C=C/C(=O)O)cc1Cl. The van der Waals surface area contributed by atoms with Gasteiger partial charge in [-0.05, 0) is 23.8 Å².